The highest BCUT2D eigenvalue weighted by Crippen LogP contribution is 2.43. The molecule has 3 heteroatoms. The minimum absolute atomic E-state index is 0.0669. The number of aliphatic hydroxyl groups is 1. The van der Waals surface area contributed by atoms with Crippen LogP contribution in [-0.2, 0) is 6.61 Å². The molecular formula is C29H36ClNO. The lowest BCUT2D eigenvalue weighted by Gasteiger charge is -2.29. The summed E-state index contributed by atoms with van der Waals surface area (Å²) in [5, 5.41) is 10.9. The van der Waals surface area contributed by atoms with Gasteiger partial charge in [-0.25, -0.2) is 0 Å². The number of aliphatic imine (C=N–C) groups is 1. The summed E-state index contributed by atoms with van der Waals surface area (Å²) < 4.78 is 0. The molecule has 170 valence electrons. The molecule has 1 aliphatic heterocycles. The molecule has 2 aromatic carbocycles. The molecule has 1 saturated carbocycles. The molecule has 0 bridgehead atoms. The highest BCUT2D eigenvalue weighted by molar-refractivity contribution is 6.33. The standard InChI is InChI=1S/C29H36ClNO/c1-4-20(5-2)23-15-16-27(30)29-26(23)14-12-21-9-7-6-8-10-25(28(21)31-29)24-13-11-19(3)17-22(24)18-32/h11-17,20-21,25,32H,4-10,18H2,1-3H3/t21?,25-/m0/s1. The highest BCUT2D eigenvalue weighted by Gasteiger charge is 2.30. The summed E-state index contributed by atoms with van der Waals surface area (Å²) in [6.07, 6.45) is 12.8. The second-order valence-electron chi connectivity index (χ2n) is 9.47. The van der Waals surface area contributed by atoms with Crippen LogP contribution in [0, 0.1) is 12.8 Å². The van der Waals surface area contributed by atoms with Gasteiger partial charge in [-0.1, -0.05) is 86.7 Å². The van der Waals surface area contributed by atoms with E-state index in [0.717, 1.165) is 42.0 Å². The summed E-state index contributed by atoms with van der Waals surface area (Å²) in [7, 11) is 0. The monoisotopic (exact) mass is 449 g/mol. The number of allylic oxidation sites excluding steroid dienone is 1. The molecule has 1 fully saturated rings. The molecule has 2 aliphatic rings. The Bertz CT molecular complexity index is 1020. The molecule has 0 amide bonds. The lowest BCUT2D eigenvalue weighted by molar-refractivity contribution is 0.280. The van der Waals surface area contributed by atoms with Gasteiger partial charge in [0.1, 0.15) is 0 Å². The number of rotatable bonds is 5. The Morgan fingerprint density at radius 2 is 1.84 bits per heavy atom. The first-order valence-electron chi connectivity index (χ1n) is 12.4. The van der Waals surface area contributed by atoms with E-state index in [9.17, 15) is 5.11 Å². The van der Waals surface area contributed by atoms with Crippen molar-refractivity contribution < 1.29 is 5.11 Å². The maximum atomic E-state index is 10.1. The number of fused-ring (bicyclic) bond motifs is 2. The molecule has 1 aliphatic carbocycles. The second-order valence-corrected chi connectivity index (χ2v) is 9.87. The summed E-state index contributed by atoms with van der Waals surface area (Å²) in [6.45, 7) is 6.68. The van der Waals surface area contributed by atoms with Crippen LogP contribution in [0.5, 0.6) is 0 Å². The zero-order chi connectivity index (χ0) is 22.7. The van der Waals surface area contributed by atoms with Crippen molar-refractivity contribution in [1.82, 2.24) is 0 Å². The van der Waals surface area contributed by atoms with Crippen LogP contribution in [0.2, 0.25) is 5.02 Å². The van der Waals surface area contributed by atoms with Gasteiger partial charge in [0.25, 0.3) is 0 Å². The van der Waals surface area contributed by atoms with Gasteiger partial charge >= 0.3 is 0 Å². The van der Waals surface area contributed by atoms with Gasteiger partial charge in [0, 0.05) is 23.1 Å². The third-order valence-corrected chi connectivity index (χ3v) is 7.76. The molecule has 1 N–H and O–H groups in total. The number of aryl methyl sites for hydroxylation is 1. The van der Waals surface area contributed by atoms with Crippen molar-refractivity contribution in [3.8, 4) is 0 Å². The first-order chi connectivity index (χ1) is 15.6. The maximum absolute atomic E-state index is 10.1. The molecule has 32 heavy (non-hydrogen) atoms. The number of hydrogen-bond donors (Lipinski definition) is 1. The van der Waals surface area contributed by atoms with Crippen LogP contribution in [0.4, 0.5) is 5.69 Å². The minimum Gasteiger partial charge on any atom is -0.392 e. The normalized spacial score (nSPS) is 20.8. The summed E-state index contributed by atoms with van der Waals surface area (Å²) in [4.78, 5) is 5.37. The Hall–Kier alpha value is -1.90. The molecule has 1 unspecified atom stereocenters. The van der Waals surface area contributed by atoms with Gasteiger partial charge in [-0.15, -0.1) is 0 Å². The number of hydrogen-bond acceptors (Lipinski definition) is 2. The highest BCUT2D eigenvalue weighted by atomic mass is 35.5. The van der Waals surface area contributed by atoms with Crippen LogP contribution in [0.3, 0.4) is 0 Å². The van der Waals surface area contributed by atoms with Crippen molar-refractivity contribution in [3.05, 3.63) is 69.2 Å². The summed E-state index contributed by atoms with van der Waals surface area (Å²) >= 11 is 6.77. The first-order valence-corrected chi connectivity index (χ1v) is 12.7. The van der Waals surface area contributed by atoms with Gasteiger partial charge in [0.15, 0.2) is 0 Å². The van der Waals surface area contributed by atoms with E-state index in [1.165, 1.54) is 47.2 Å². The van der Waals surface area contributed by atoms with Crippen molar-refractivity contribution >= 4 is 29.1 Å². The van der Waals surface area contributed by atoms with E-state index in [2.05, 4.69) is 57.2 Å². The van der Waals surface area contributed by atoms with E-state index < -0.39 is 0 Å². The van der Waals surface area contributed by atoms with E-state index in [-0.39, 0.29) is 12.5 Å². The zero-order valence-electron chi connectivity index (χ0n) is 19.7. The molecule has 2 atom stereocenters. The van der Waals surface area contributed by atoms with E-state index >= 15 is 0 Å². The molecule has 4 rings (SSSR count). The van der Waals surface area contributed by atoms with Gasteiger partial charge in [0.2, 0.25) is 0 Å². The SMILES string of the molecule is CCC(CC)c1ccc(Cl)c2c1C=CC1CCCCC[C@@H](c3ccc(C)cc3CO)C1=N2. The second kappa shape index (κ2) is 10.4. The molecule has 0 spiro atoms. The van der Waals surface area contributed by atoms with Crippen LogP contribution < -0.4 is 0 Å². The Morgan fingerprint density at radius 1 is 1.06 bits per heavy atom. The average Bonchev–Trinajstić information content (AvgIpc) is 2.97. The summed E-state index contributed by atoms with van der Waals surface area (Å²) in [5.74, 6) is 1.04. The Kier molecular flexibility index (Phi) is 7.53. The van der Waals surface area contributed by atoms with Crippen LogP contribution in [0.15, 0.2) is 41.4 Å². The van der Waals surface area contributed by atoms with E-state index in [0.29, 0.717) is 11.8 Å². The number of nitrogens with zero attached hydrogens (tertiary/aromatic N) is 1. The molecular weight excluding hydrogens is 414 g/mol. The third-order valence-electron chi connectivity index (χ3n) is 7.45. The van der Waals surface area contributed by atoms with Crippen molar-refractivity contribution in [2.45, 2.75) is 84.2 Å². The van der Waals surface area contributed by atoms with Gasteiger partial charge < -0.3 is 5.11 Å². The Labute approximate surface area is 198 Å². The third kappa shape index (κ3) is 4.58. The predicted molar refractivity (Wildman–Crippen MR) is 137 cm³/mol. The van der Waals surface area contributed by atoms with Gasteiger partial charge in [0.05, 0.1) is 17.3 Å². The number of aliphatic hydroxyl groups excluding tert-OH is 1. The predicted octanol–water partition coefficient (Wildman–Crippen LogP) is 8.51. The minimum atomic E-state index is 0.0669. The summed E-state index contributed by atoms with van der Waals surface area (Å²) in [6, 6.07) is 10.8. The van der Waals surface area contributed by atoms with E-state index in [4.69, 9.17) is 16.6 Å². The topological polar surface area (TPSA) is 32.6 Å². The van der Waals surface area contributed by atoms with Crippen molar-refractivity contribution in [2.75, 3.05) is 0 Å². The van der Waals surface area contributed by atoms with Crippen molar-refractivity contribution in [1.29, 1.82) is 0 Å². The first kappa shape index (κ1) is 23.3. The van der Waals surface area contributed by atoms with E-state index in [1.54, 1.807) is 0 Å². The quantitative estimate of drug-likeness (QED) is 0.487. The van der Waals surface area contributed by atoms with E-state index in [1.807, 2.05) is 6.07 Å². The largest absolute Gasteiger partial charge is 0.392 e. The fourth-order valence-corrected chi connectivity index (χ4v) is 5.84. The molecule has 2 aromatic rings. The average molecular weight is 450 g/mol. The van der Waals surface area contributed by atoms with Gasteiger partial charge in [-0.3, -0.25) is 4.99 Å². The lowest BCUT2D eigenvalue weighted by Crippen LogP contribution is -2.24. The zero-order valence-corrected chi connectivity index (χ0v) is 20.5. The van der Waals surface area contributed by atoms with Crippen molar-refractivity contribution in [2.24, 2.45) is 10.9 Å². The van der Waals surface area contributed by atoms with Gasteiger partial charge in [-0.2, -0.15) is 0 Å². The van der Waals surface area contributed by atoms with Crippen molar-refractivity contribution in [3.63, 3.8) is 0 Å². The van der Waals surface area contributed by atoms with Gasteiger partial charge in [-0.05, 0) is 61.3 Å². The molecule has 0 radical (unpaired) electrons. The van der Waals surface area contributed by atoms with Crippen LogP contribution in [0.25, 0.3) is 6.08 Å². The number of benzene rings is 2. The molecule has 2 nitrogen and oxygen atoms in total. The Balaban J connectivity index is 1.90. The smallest absolute Gasteiger partial charge is 0.0890 e. The fourth-order valence-electron chi connectivity index (χ4n) is 5.64. The fraction of sp³-hybridized carbons (Fsp3) is 0.483. The lowest BCUT2D eigenvalue weighted by atomic mass is 9.77. The van der Waals surface area contributed by atoms with Crippen LogP contribution >= 0.6 is 11.6 Å². The molecule has 0 saturated heterocycles. The molecule has 0 aromatic heterocycles. The summed E-state index contributed by atoms with van der Waals surface area (Å²) in [5.41, 5.74) is 8.18. The van der Waals surface area contributed by atoms with Crippen LogP contribution in [0.1, 0.15) is 98.4 Å². The van der Waals surface area contributed by atoms with Crippen LogP contribution in [-0.4, -0.2) is 10.8 Å². The molecule has 1 heterocycles. The Morgan fingerprint density at radius 3 is 2.59 bits per heavy atom. The maximum Gasteiger partial charge on any atom is 0.0890 e. The number of halogens is 1.